The number of hydrogen-bond acceptors (Lipinski definition) is 8. The second-order valence-electron chi connectivity index (χ2n) is 5.56. The number of benzene rings is 1. The molecule has 0 radical (unpaired) electrons. The van der Waals surface area contributed by atoms with Gasteiger partial charge in [0.25, 0.3) is 0 Å². The van der Waals surface area contributed by atoms with Crippen molar-refractivity contribution in [1.82, 2.24) is 4.98 Å². The summed E-state index contributed by atoms with van der Waals surface area (Å²) < 4.78 is 10.5. The third kappa shape index (κ3) is 2.76. The van der Waals surface area contributed by atoms with Gasteiger partial charge in [0.15, 0.2) is 11.5 Å². The van der Waals surface area contributed by atoms with Crippen LogP contribution in [0, 0.1) is 0 Å². The molecule has 4 rings (SSSR count). The molecule has 1 fully saturated rings. The fourth-order valence-electron chi connectivity index (χ4n) is 2.77. The van der Waals surface area contributed by atoms with Gasteiger partial charge >= 0.3 is 0 Å². The molecular weight excluding hydrogens is 360 g/mol. The number of rotatable bonds is 4. The molecule has 0 saturated carbocycles. The molecular formula is C17H11N2O6S-. The molecule has 0 unspecified atom stereocenters. The first kappa shape index (κ1) is 16.4. The van der Waals surface area contributed by atoms with Crippen LogP contribution in [-0.2, 0) is 9.59 Å². The van der Waals surface area contributed by atoms with E-state index in [2.05, 4.69) is 4.98 Å². The van der Waals surface area contributed by atoms with E-state index in [1.54, 1.807) is 18.2 Å². The molecule has 2 aliphatic heterocycles. The molecule has 2 aromatic rings. The minimum Gasteiger partial charge on any atom is -0.545 e. The summed E-state index contributed by atoms with van der Waals surface area (Å²) in [6.45, 7) is 0.0881. The fraction of sp³-hybridized carbons (Fsp3) is 0.176. The van der Waals surface area contributed by atoms with E-state index in [1.165, 1.54) is 18.3 Å². The second-order valence-corrected chi connectivity index (χ2v) is 6.75. The van der Waals surface area contributed by atoms with E-state index >= 15 is 0 Å². The maximum absolute atomic E-state index is 12.7. The number of carboxylic acid groups (broad SMARTS) is 1. The SMILES string of the molecule is O=C([O-])c1cccnc1S[C@H]1CC(=O)N(c2ccc3c(c2)OCO3)C1=O. The smallest absolute Gasteiger partial charge is 0.247 e. The van der Waals surface area contributed by atoms with E-state index in [4.69, 9.17) is 9.47 Å². The molecule has 1 saturated heterocycles. The largest absolute Gasteiger partial charge is 0.545 e. The zero-order valence-electron chi connectivity index (χ0n) is 13.2. The van der Waals surface area contributed by atoms with Crippen LogP contribution in [0.1, 0.15) is 16.8 Å². The lowest BCUT2D eigenvalue weighted by atomic mass is 10.2. The average Bonchev–Trinajstić information content (AvgIpc) is 3.19. The number of anilines is 1. The number of carbonyl (C=O) groups excluding carboxylic acids is 3. The molecule has 1 aromatic heterocycles. The summed E-state index contributed by atoms with van der Waals surface area (Å²) in [5.74, 6) is -1.19. The van der Waals surface area contributed by atoms with Gasteiger partial charge in [-0.05, 0) is 24.3 Å². The van der Waals surface area contributed by atoms with E-state index in [1.807, 2.05) is 0 Å². The molecule has 3 heterocycles. The predicted molar refractivity (Wildman–Crippen MR) is 87.9 cm³/mol. The van der Waals surface area contributed by atoms with Gasteiger partial charge < -0.3 is 19.4 Å². The predicted octanol–water partition coefficient (Wildman–Crippen LogP) is 0.598. The van der Waals surface area contributed by atoms with Crippen LogP contribution in [0.3, 0.4) is 0 Å². The lowest BCUT2D eigenvalue weighted by molar-refractivity contribution is -0.255. The number of pyridine rings is 1. The number of hydrogen-bond donors (Lipinski definition) is 0. The minimum absolute atomic E-state index is 0.0546. The normalized spacial score (nSPS) is 18.5. The van der Waals surface area contributed by atoms with Gasteiger partial charge in [-0.1, -0.05) is 11.8 Å². The number of amides is 2. The highest BCUT2D eigenvalue weighted by molar-refractivity contribution is 8.00. The Balaban J connectivity index is 1.59. The molecule has 0 bridgehead atoms. The lowest BCUT2D eigenvalue weighted by Crippen LogP contribution is -2.31. The van der Waals surface area contributed by atoms with E-state index in [0.29, 0.717) is 17.2 Å². The average molecular weight is 371 g/mol. The van der Waals surface area contributed by atoms with Gasteiger partial charge in [-0.2, -0.15) is 0 Å². The number of imide groups is 1. The maximum atomic E-state index is 12.7. The number of thioether (sulfide) groups is 1. The van der Waals surface area contributed by atoms with Crippen LogP contribution in [0.15, 0.2) is 41.6 Å². The van der Waals surface area contributed by atoms with E-state index in [0.717, 1.165) is 16.7 Å². The van der Waals surface area contributed by atoms with Crippen LogP contribution in [0.25, 0.3) is 0 Å². The lowest BCUT2D eigenvalue weighted by Gasteiger charge is -2.16. The van der Waals surface area contributed by atoms with Crippen LogP contribution in [0.5, 0.6) is 11.5 Å². The molecule has 2 amide bonds. The van der Waals surface area contributed by atoms with Crippen LogP contribution in [0.4, 0.5) is 5.69 Å². The topological polar surface area (TPSA) is 109 Å². The zero-order chi connectivity index (χ0) is 18.3. The van der Waals surface area contributed by atoms with Gasteiger partial charge in [0.05, 0.1) is 16.9 Å². The standard InChI is InChI=1S/C17H12N2O6S/c20-14-7-13(26-15-10(17(22)23)2-1-5-18-15)16(21)19(14)9-3-4-11-12(6-9)25-8-24-11/h1-6,13H,7-8H2,(H,22,23)/p-1/t13-/m0/s1. The molecule has 0 spiro atoms. The van der Waals surface area contributed by atoms with E-state index in [-0.39, 0.29) is 29.7 Å². The Bertz CT molecular complexity index is 931. The number of carbonyl (C=O) groups is 3. The van der Waals surface area contributed by atoms with Gasteiger partial charge in [0, 0.05) is 24.2 Å². The highest BCUT2D eigenvalue weighted by Gasteiger charge is 2.41. The van der Waals surface area contributed by atoms with Gasteiger partial charge in [-0.3, -0.25) is 9.59 Å². The summed E-state index contributed by atoms with van der Waals surface area (Å²) in [7, 11) is 0. The molecule has 1 atom stereocenters. The number of ether oxygens (including phenoxy) is 2. The first-order valence-electron chi connectivity index (χ1n) is 7.64. The summed E-state index contributed by atoms with van der Waals surface area (Å²) in [5, 5.41) is 10.6. The van der Waals surface area contributed by atoms with Gasteiger partial charge in [0.1, 0.15) is 5.03 Å². The molecule has 0 N–H and O–H groups in total. The summed E-state index contributed by atoms with van der Waals surface area (Å²) >= 11 is 0.942. The van der Waals surface area contributed by atoms with Crippen LogP contribution < -0.4 is 19.5 Å². The highest BCUT2D eigenvalue weighted by Crippen LogP contribution is 2.39. The van der Waals surface area contributed by atoms with Crippen molar-refractivity contribution in [2.24, 2.45) is 0 Å². The fourth-order valence-corrected chi connectivity index (χ4v) is 3.87. The monoisotopic (exact) mass is 371 g/mol. The Morgan fingerprint density at radius 3 is 2.85 bits per heavy atom. The van der Waals surface area contributed by atoms with Gasteiger partial charge in [0.2, 0.25) is 18.6 Å². The number of aromatic carboxylic acids is 1. The Morgan fingerprint density at radius 2 is 2.04 bits per heavy atom. The number of nitrogens with zero attached hydrogens (tertiary/aromatic N) is 2. The third-order valence-corrected chi connectivity index (χ3v) is 5.17. The molecule has 26 heavy (non-hydrogen) atoms. The number of aromatic nitrogens is 1. The van der Waals surface area contributed by atoms with Crippen molar-refractivity contribution in [2.75, 3.05) is 11.7 Å². The van der Waals surface area contributed by atoms with Crippen molar-refractivity contribution in [1.29, 1.82) is 0 Å². The highest BCUT2D eigenvalue weighted by atomic mass is 32.2. The van der Waals surface area contributed by atoms with Crippen molar-refractivity contribution in [3.63, 3.8) is 0 Å². The van der Waals surface area contributed by atoms with Crippen molar-refractivity contribution in [2.45, 2.75) is 16.7 Å². The first-order valence-corrected chi connectivity index (χ1v) is 8.52. The molecule has 8 nitrogen and oxygen atoms in total. The summed E-state index contributed by atoms with van der Waals surface area (Å²) in [4.78, 5) is 41.3. The number of carboxylic acids is 1. The Kier molecular flexibility index (Phi) is 4.00. The minimum atomic E-state index is -1.38. The van der Waals surface area contributed by atoms with Crippen molar-refractivity contribution >= 4 is 35.2 Å². The van der Waals surface area contributed by atoms with Gasteiger partial charge in [-0.15, -0.1) is 0 Å². The quantitative estimate of drug-likeness (QED) is 0.719. The van der Waals surface area contributed by atoms with Gasteiger partial charge in [-0.25, -0.2) is 9.88 Å². The zero-order valence-corrected chi connectivity index (χ0v) is 14.0. The molecule has 0 aliphatic carbocycles. The van der Waals surface area contributed by atoms with E-state index in [9.17, 15) is 19.5 Å². The van der Waals surface area contributed by atoms with Crippen molar-refractivity contribution in [3.8, 4) is 11.5 Å². The Labute approximate surface area is 151 Å². The molecule has 2 aliphatic rings. The maximum Gasteiger partial charge on any atom is 0.247 e. The molecule has 9 heteroatoms. The van der Waals surface area contributed by atoms with Crippen molar-refractivity contribution < 1.29 is 29.0 Å². The van der Waals surface area contributed by atoms with Crippen LogP contribution in [-0.4, -0.2) is 34.8 Å². The van der Waals surface area contributed by atoms with Crippen molar-refractivity contribution in [3.05, 3.63) is 42.1 Å². The Hall–Kier alpha value is -3.07. The van der Waals surface area contributed by atoms with Crippen LogP contribution in [0.2, 0.25) is 0 Å². The first-order chi connectivity index (χ1) is 12.5. The van der Waals surface area contributed by atoms with Crippen LogP contribution >= 0.6 is 11.8 Å². The summed E-state index contributed by atoms with van der Waals surface area (Å²) in [6, 6.07) is 7.62. The molecule has 1 aromatic carbocycles. The second kappa shape index (κ2) is 6.34. The summed E-state index contributed by atoms with van der Waals surface area (Å²) in [5.41, 5.74) is 0.271. The van der Waals surface area contributed by atoms with E-state index < -0.39 is 17.1 Å². The third-order valence-electron chi connectivity index (χ3n) is 3.96. The Morgan fingerprint density at radius 1 is 1.23 bits per heavy atom. The number of fused-ring (bicyclic) bond motifs is 1. The molecule has 132 valence electrons. The summed E-state index contributed by atoms with van der Waals surface area (Å²) in [6.07, 6.45) is 1.37.